The van der Waals surface area contributed by atoms with Crippen LogP contribution >= 0.6 is 0 Å². The lowest BCUT2D eigenvalue weighted by atomic mass is 9.65. The summed E-state index contributed by atoms with van der Waals surface area (Å²) in [4.78, 5) is 14.2. The molecule has 220 valence electrons. The van der Waals surface area contributed by atoms with Crippen molar-refractivity contribution >= 4 is 17.9 Å². The van der Waals surface area contributed by atoms with Crippen LogP contribution in [0, 0.1) is 5.92 Å². The highest BCUT2D eigenvalue weighted by atomic mass is 16.3. The molecule has 9 nitrogen and oxygen atoms in total. The van der Waals surface area contributed by atoms with E-state index in [0.717, 1.165) is 11.6 Å². The molecule has 0 radical (unpaired) electrons. The highest BCUT2D eigenvalue weighted by Crippen LogP contribution is 2.52. The van der Waals surface area contributed by atoms with Crippen molar-refractivity contribution in [1.29, 1.82) is 0 Å². The van der Waals surface area contributed by atoms with Gasteiger partial charge in [0, 0.05) is 47.1 Å². The van der Waals surface area contributed by atoms with E-state index in [9.17, 15) is 45.6 Å². The predicted octanol–water partition coefficient (Wildman–Crippen LogP) is 6.22. The molecule has 0 unspecified atom stereocenters. The molecule has 0 fully saturated rings. The molecule has 0 heterocycles. The molecule has 4 aromatic carbocycles. The quantitative estimate of drug-likeness (QED) is 0.0744. The second-order valence-electron chi connectivity index (χ2n) is 10.7. The normalized spacial score (nSPS) is 18.4. The van der Waals surface area contributed by atoms with Crippen LogP contribution in [-0.4, -0.2) is 46.6 Å². The third-order valence-corrected chi connectivity index (χ3v) is 7.75. The minimum atomic E-state index is -1.04. The van der Waals surface area contributed by atoms with Gasteiger partial charge in [-0.1, -0.05) is 29.9 Å². The third kappa shape index (κ3) is 5.78. The van der Waals surface area contributed by atoms with Gasteiger partial charge >= 0.3 is 0 Å². The molecule has 0 bridgehead atoms. The van der Waals surface area contributed by atoms with Crippen LogP contribution in [-0.2, 0) is 0 Å². The van der Waals surface area contributed by atoms with Crippen LogP contribution in [0.5, 0.6) is 46.0 Å². The number of hydrogen-bond acceptors (Lipinski definition) is 9. The number of aromatic hydroxyl groups is 8. The van der Waals surface area contributed by atoms with Gasteiger partial charge in [0.05, 0.1) is 5.56 Å². The SMILES string of the molecule is CC1=C[C@@H](c2c(O)cc(/C=C/c3ccc(O)cc3O)cc2O)[C@@H](C(=O)c2ccc(O)cc2O)[C@H](c2ccc(O)cc2O)C1. The van der Waals surface area contributed by atoms with Crippen molar-refractivity contribution in [3.05, 3.63) is 106 Å². The first kappa shape index (κ1) is 28.9. The molecule has 4 aromatic rings. The highest BCUT2D eigenvalue weighted by Gasteiger charge is 2.43. The summed E-state index contributed by atoms with van der Waals surface area (Å²) in [5.74, 6) is -5.17. The standard InChI is InChI=1S/C34H30O9/c1-17-10-25(23-8-6-21(36)15-28(23)39)32(34(43)24-9-7-22(37)16-29(24)40)26(11-17)33-30(41)12-18(13-31(33)42)2-3-19-4-5-20(35)14-27(19)38/h2-9,11-16,25-26,32,35-42H,10H2,1H3/b3-2+/t25-,26+,32-/m0/s1. The van der Waals surface area contributed by atoms with Crippen LogP contribution in [0.1, 0.15) is 57.8 Å². The Hall–Kier alpha value is -5.57. The second kappa shape index (κ2) is 11.4. The van der Waals surface area contributed by atoms with E-state index in [0.29, 0.717) is 23.1 Å². The fourth-order valence-corrected chi connectivity index (χ4v) is 5.81. The number of Topliss-reactive ketones (excluding diaryl/α,β-unsaturated/α-hetero) is 1. The van der Waals surface area contributed by atoms with Crippen LogP contribution in [0.3, 0.4) is 0 Å². The number of carbonyl (C=O) groups is 1. The van der Waals surface area contributed by atoms with E-state index in [1.165, 1.54) is 66.7 Å². The van der Waals surface area contributed by atoms with Gasteiger partial charge in [0.15, 0.2) is 5.78 Å². The van der Waals surface area contributed by atoms with Crippen molar-refractivity contribution in [1.82, 2.24) is 0 Å². The summed E-state index contributed by atoms with van der Waals surface area (Å²) >= 11 is 0. The monoisotopic (exact) mass is 582 g/mol. The lowest BCUT2D eigenvalue weighted by molar-refractivity contribution is 0.0876. The Morgan fingerprint density at radius 3 is 1.86 bits per heavy atom. The molecule has 0 aromatic heterocycles. The summed E-state index contributed by atoms with van der Waals surface area (Å²) in [6, 6.07) is 14.5. The van der Waals surface area contributed by atoms with E-state index in [4.69, 9.17) is 0 Å². The zero-order chi connectivity index (χ0) is 31.0. The Balaban J connectivity index is 1.62. The van der Waals surface area contributed by atoms with Crippen LogP contribution in [0.4, 0.5) is 0 Å². The Kier molecular flexibility index (Phi) is 7.65. The Bertz CT molecular complexity index is 1760. The van der Waals surface area contributed by atoms with E-state index in [1.54, 1.807) is 12.2 Å². The summed E-state index contributed by atoms with van der Waals surface area (Å²) in [5.41, 5.74) is 1.92. The topological polar surface area (TPSA) is 179 Å². The molecule has 9 heteroatoms. The number of phenolic OH excluding ortho intramolecular Hbond substituents is 8. The number of carbonyl (C=O) groups excluding carboxylic acids is 1. The minimum absolute atomic E-state index is 0.0589. The van der Waals surface area contributed by atoms with Gasteiger partial charge in [0.2, 0.25) is 0 Å². The van der Waals surface area contributed by atoms with Gasteiger partial charge in [0.25, 0.3) is 0 Å². The van der Waals surface area contributed by atoms with Crippen LogP contribution in [0.2, 0.25) is 0 Å². The van der Waals surface area contributed by atoms with Gasteiger partial charge in [-0.25, -0.2) is 0 Å². The fraction of sp³-hybridized carbons (Fsp3) is 0.147. The largest absolute Gasteiger partial charge is 0.508 e. The van der Waals surface area contributed by atoms with Crippen LogP contribution in [0.15, 0.2) is 78.4 Å². The molecule has 43 heavy (non-hydrogen) atoms. The van der Waals surface area contributed by atoms with Crippen molar-refractivity contribution in [2.45, 2.75) is 25.2 Å². The lowest BCUT2D eigenvalue weighted by Gasteiger charge is -2.37. The van der Waals surface area contributed by atoms with Gasteiger partial charge < -0.3 is 40.9 Å². The smallest absolute Gasteiger partial charge is 0.171 e. The highest BCUT2D eigenvalue weighted by molar-refractivity contribution is 6.02. The zero-order valence-electron chi connectivity index (χ0n) is 23.0. The first-order valence-electron chi connectivity index (χ1n) is 13.4. The second-order valence-corrected chi connectivity index (χ2v) is 10.7. The molecule has 5 rings (SSSR count). The fourth-order valence-electron chi connectivity index (χ4n) is 5.81. The number of hydrogen-bond donors (Lipinski definition) is 8. The molecule has 3 atom stereocenters. The molecular formula is C34H30O9. The molecule has 0 saturated heterocycles. The van der Waals surface area contributed by atoms with Crippen molar-refractivity contribution < 1.29 is 45.6 Å². The maximum Gasteiger partial charge on any atom is 0.171 e. The molecule has 0 aliphatic heterocycles. The Morgan fingerprint density at radius 1 is 0.674 bits per heavy atom. The van der Waals surface area contributed by atoms with Gasteiger partial charge in [-0.15, -0.1) is 0 Å². The Labute approximate surface area is 246 Å². The molecule has 0 saturated carbocycles. The first-order chi connectivity index (χ1) is 20.4. The molecule has 0 amide bonds. The summed E-state index contributed by atoms with van der Waals surface area (Å²) in [5, 5.41) is 83.1. The van der Waals surface area contributed by atoms with Crippen molar-refractivity contribution in [2.24, 2.45) is 5.92 Å². The zero-order valence-corrected chi connectivity index (χ0v) is 23.0. The van der Waals surface area contributed by atoms with Gasteiger partial charge in [0.1, 0.15) is 46.0 Å². The van der Waals surface area contributed by atoms with E-state index in [1.807, 2.05) is 6.92 Å². The number of allylic oxidation sites excluding steroid dienone is 2. The number of phenols is 8. The average Bonchev–Trinajstić information content (AvgIpc) is 2.91. The number of rotatable bonds is 6. The predicted molar refractivity (Wildman–Crippen MR) is 160 cm³/mol. The first-order valence-corrected chi connectivity index (χ1v) is 13.4. The van der Waals surface area contributed by atoms with Crippen LogP contribution in [0.25, 0.3) is 12.2 Å². The van der Waals surface area contributed by atoms with Gasteiger partial charge in [-0.3, -0.25) is 4.79 Å². The van der Waals surface area contributed by atoms with E-state index in [-0.39, 0.29) is 51.4 Å². The van der Waals surface area contributed by atoms with E-state index >= 15 is 0 Å². The molecular weight excluding hydrogens is 552 g/mol. The average molecular weight is 583 g/mol. The molecule has 1 aliphatic carbocycles. The summed E-state index contributed by atoms with van der Waals surface area (Å²) in [6.07, 6.45) is 5.16. The molecule has 8 N–H and O–H groups in total. The van der Waals surface area contributed by atoms with Crippen molar-refractivity contribution in [2.75, 3.05) is 0 Å². The lowest BCUT2D eigenvalue weighted by Crippen LogP contribution is -2.31. The maximum absolute atomic E-state index is 14.2. The summed E-state index contributed by atoms with van der Waals surface area (Å²) < 4.78 is 0. The number of ketones is 1. The minimum Gasteiger partial charge on any atom is -0.508 e. The van der Waals surface area contributed by atoms with E-state index in [2.05, 4.69) is 0 Å². The number of benzene rings is 4. The summed E-state index contributed by atoms with van der Waals surface area (Å²) in [7, 11) is 0. The molecule has 0 spiro atoms. The third-order valence-electron chi connectivity index (χ3n) is 7.75. The van der Waals surface area contributed by atoms with Crippen molar-refractivity contribution in [3.63, 3.8) is 0 Å². The van der Waals surface area contributed by atoms with Crippen molar-refractivity contribution in [3.8, 4) is 46.0 Å². The maximum atomic E-state index is 14.2. The Morgan fingerprint density at radius 2 is 1.26 bits per heavy atom. The summed E-state index contributed by atoms with van der Waals surface area (Å²) in [6.45, 7) is 1.82. The van der Waals surface area contributed by atoms with Gasteiger partial charge in [-0.2, -0.15) is 0 Å². The van der Waals surface area contributed by atoms with Gasteiger partial charge in [-0.05, 0) is 66.9 Å². The van der Waals surface area contributed by atoms with Crippen LogP contribution < -0.4 is 0 Å². The molecule has 1 aliphatic rings. The van der Waals surface area contributed by atoms with E-state index < -0.39 is 29.3 Å².